The zero-order valence-electron chi connectivity index (χ0n) is 10.7. The van der Waals surface area contributed by atoms with Gasteiger partial charge in [-0.15, -0.1) is 11.3 Å². The minimum absolute atomic E-state index is 0.0798. The predicted molar refractivity (Wildman–Crippen MR) is 75.1 cm³/mol. The Morgan fingerprint density at radius 3 is 2.95 bits per heavy atom. The van der Waals surface area contributed by atoms with Crippen LogP contribution in [-0.4, -0.2) is 27.1 Å². The van der Waals surface area contributed by atoms with Crippen LogP contribution in [0.1, 0.15) is 35.6 Å². The number of hydrogen-bond donors (Lipinski definition) is 4. The standard InChI is InChI=1S/C12H14N4O3S/c1-2-8(9-13-4-5-14-9)15-12(19)16-10-7(11(17)18)3-6-20-10/h3-6,8H,2H2,1H3,(H,13,14)(H,17,18)(H2,15,16,19). The van der Waals surface area contributed by atoms with Crippen LogP contribution >= 0.6 is 11.3 Å². The van der Waals surface area contributed by atoms with Crippen molar-refractivity contribution in [3.8, 4) is 0 Å². The van der Waals surface area contributed by atoms with Crippen LogP contribution in [0.4, 0.5) is 9.80 Å². The van der Waals surface area contributed by atoms with E-state index in [2.05, 4.69) is 20.6 Å². The van der Waals surface area contributed by atoms with E-state index in [-0.39, 0.29) is 11.6 Å². The highest BCUT2D eigenvalue weighted by Crippen LogP contribution is 2.23. The first-order chi connectivity index (χ1) is 9.61. The topological polar surface area (TPSA) is 107 Å². The van der Waals surface area contributed by atoms with E-state index < -0.39 is 12.0 Å². The number of aromatic nitrogens is 2. The lowest BCUT2D eigenvalue weighted by molar-refractivity contribution is 0.0698. The molecule has 20 heavy (non-hydrogen) atoms. The highest BCUT2D eigenvalue weighted by Gasteiger charge is 2.17. The van der Waals surface area contributed by atoms with Crippen molar-refractivity contribution in [2.75, 3.05) is 5.32 Å². The minimum Gasteiger partial charge on any atom is -0.478 e. The molecule has 1 atom stereocenters. The number of rotatable bonds is 5. The molecule has 0 aromatic carbocycles. The Morgan fingerprint density at radius 1 is 1.55 bits per heavy atom. The molecule has 2 heterocycles. The number of H-pyrrole nitrogens is 1. The number of carboxylic acids is 1. The molecule has 4 N–H and O–H groups in total. The minimum atomic E-state index is -1.07. The second-order valence-electron chi connectivity index (χ2n) is 4.00. The molecule has 106 valence electrons. The fraction of sp³-hybridized carbons (Fsp3) is 0.250. The quantitative estimate of drug-likeness (QED) is 0.679. The summed E-state index contributed by atoms with van der Waals surface area (Å²) in [6.45, 7) is 1.92. The van der Waals surface area contributed by atoms with Crippen LogP contribution in [-0.2, 0) is 0 Å². The number of urea groups is 1. The zero-order chi connectivity index (χ0) is 14.5. The summed E-state index contributed by atoms with van der Waals surface area (Å²) in [6, 6.07) is 0.739. The van der Waals surface area contributed by atoms with Crippen molar-refractivity contribution in [2.45, 2.75) is 19.4 Å². The van der Waals surface area contributed by atoms with Crippen molar-refractivity contribution in [2.24, 2.45) is 0 Å². The number of aromatic amines is 1. The molecule has 0 saturated carbocycles. The molecule has 2 rings (SSSR count). The molecule has 2 amide bonds. The molecule has 0 spiro atoms. The van der Waals surface area contributed by atoms with E-state index >= 15 is 0 Å². The molecule has 0 radical (unpaired) electrons. The third-order valence-corrected chi connectivity index (χ3v) is 3.52. The van der Waals surface area contributed by atoms with Crippen molar-refractivity contribution in [3.63, 3.8) is 0 Å². The fourth-order valence-electron chi connectivity index (χ4n) is 1.70. The van der Waals surface area contributed by atoms with Gasteiger partial charge >= 0.3 is 12.0 Å². The Hall–Kier alpha value is -2.35. The van der Waals surface area contributed by atoms with Crippen molar-refractivity contribution in [3.05, 3.63) is 35.2 Å². The molecule has 0 aliphatic rings. The number of carbonyl (C=O) groups excluding carboxylic acids is 1. The molecule has 8 heteroatoms. The van der Waals surface area contributed by atoms with Gasteiger partial charge in [-0.25, -0.2) is 14.6 Å². The monoisotopic (exact) mass is 294 g/mol. The van der Waals surface area contributed by atoms with Crippen LogP contribution in [0.15, 0.2) is 23.8 Å². The average molecular weight is 294 g/mol. The van der Waals surface area contributed by atoms with Crippen LogP contribution in [0.25, 0.3) is 0 Å². The van der Waals surface area contributed by atoms with Gasteiger partial charge in [0, 0.05) is 12.4 Å². The van der Waals surface area contributed by atoms with E-state index in [0.29, 0.717) is 17.2 Å². The van der Waals surface area contributed by atoms with Crippen molar-refractivity contribution in [1.29, 1.82) is 0 Å². The van der Waals surface area contributed by atoms with Crippen LogP contribution in [0.2, 0.25) is 0 Å². The Bertz CT molecular complexity index is 594. The van der Waals surface area contributed by atoms with Crippen LogP contribution in [0.5, 0.6) is 0 Å². The third kappa shape index (κ3) is 3.15. The number of imidazole rings is 1. The van der Waals surface area contributed by atoms with Crippen molar-refractivity contribution >= 4 is 28.3 Å². The molecular weight excluding hydrogens is 280 g/mol. The van der Waals surface area contributed by atoms with Gasteiger partial charge in [-0.3, -0.25) is 5.32 Å². The maximum atomic E-state index is 11.9. The molecule has 2 aromatic heterocycles. The molecule has 0 bridgehead atoms. The van der Waals surface area contributed by atoms with E-state index in [1.807, 2.05) is 6.92 Å². The molecule has 0 aliphatic heterocycles. The van der Waals surface area contributed by atoms with E-state index in [0.717, 1.165) is 11.3 Å². The van der Waals surface area contributed by atoms with E-state index in [1.54, 1.807) is 17.8 Å². The van der Waals surface area contributed by atoms with Crippen LogP contribution in [0, 0.1) is 0 Å². The maximum absolute atomic E-state index is 11.9. The number of anilines is 1. The highest BCUT2D eigenvalue weighted by atomic mass is 32.1. The summed E-state index contributed by atoms with van der Waals surface area (Å²) in [5.41, 5.74) is 0.0798. The fourth-order valence-corrected chi connectivity index (χ4v) is 2.48. The number of carboxylic acid groups (broad SMARTS) is 1. The van der Waals surface area contributed by atoms with Gasteiger partial charge < -0.3 is 15.4 Å². The number of aromatic carboxylic acids is 1. The molecule has 7 nitrogen and oxygen atoms in total. The normalized spacial score (nSPS) is 11.8. The average Bonchev–Trinajstić information content (AvgIpc) is 3.06. The zero-order valence-corrected chi connectivity index (χ0v) is 11.5. The number of nitrogens with one attached hydrogen (secondary N) is 3. The number of amides is 2. The van der Waals surface area contributed by atoms with E-state index in [4.69, 9.17) is 5.11 Å². The molecule has 2 aromatic rings. The molecule has 1 unspecified atom stereocenters. The van der Waals surface area contributed by atoms with Crippen LogP contribution in [0.3, 0.4) is 0 Å². The van der Waals surface area contributed by atoms with Gasteiger partial charge in [0.2, 0.25) is 0 Å². The molecule has 0 aliphatic carbocycles. The summed E-state index contributed by atoms with van der Waals surface area (Å²) in [7, 11) is 0. The predicted octanol–water partition coefficient (Wildman–Crippen LogP) is 2.44. The Labute approximate surface area is 119 Å². The first kappa shape index (κ1) is 14.1. The number of thiophene rings is 1. The summed E-state index contributed by atoms with van der Waals surface area (Å²) in [6.07, 6.45) is 3.95. The maximum Gasteiger partial charge on any atom is 0.338 e. The SMILES string of the molecule is CCC(NC(=O)Nc1sccc1C(=O)O)c1ncc[nH]1. The van der Waals surface area contributed by atoms with Gasteiger partial charge in [0.1, 0.15) is 10.8 Å². The van der Waals surface area contributed by atoms with Crippen LogP contribution < -0.4 is 10.6 Å². The Balaban J connectivity index is 2.01. The highest BCUT2D eigenvalue weighted by molar-refractivity contribution is 7.14. The Kier molecular flexibility index (Phi) is 4.36. The van der Waals surface area contributed by atoms with Crippen molar-refractivity contribution in [1.82, 2.24) is 15.3 Å². The summed E-state index contributed by atoms with van der Waals surface area (Å²) in [5, 5.41) is 16.2. The molecular formula is C12H14N4O3S. The largest absolute Gasteiger partial charge is 0.478 e. The molecule has 0 fully saturated rings. The lowest BCUT2D eigenvalue weighted by Gasteiger charge is -2.15. The first-order valence-corrected chi connectivity index (χ1v) is 6.87. The summed E-state index contributed by atoms with van der Waals surface area (Å²) in [5.74, 6) is -0.410. The van der Waals surface area contributed by atoms with Gasteiger partial charge in [0.25, 0.3) is 0 Å². The van der Waals surface area contributed by atoms with Crippen molar-refractivity contribution < 1.29 is 14.7 Å². The summed E-state index contributed by atoms with van der Waals surface area (Å²) >= 11 is 1.16. The Morgan fingerprint density at radius 2 is 2.35 bits per heavy atom. The first-order valence-electron chi connectivity index (χ1n) is 5.99. The lowest BCUT2D eigenvalue weighted by Crippen LogP contribution is -2.33. The lowest BCUT2D eigenvalue weighted by atomic mass is 10.2. The summed E-state index contributed by atoms with van der Waals surface area (Å²) < 4.78 is 0. The van der Waals surface area contributed by atoms with Gasteiger partial charge in [-0.05, 0) is 17.9 Å². The third-order valence-electron chi connectivity index (χ3n) is 2.69. The second-order valence-corrected chi connectivity index (χ2v) is 4.92. The van der Waals surface area contributed by atoms with E-state index in [1.165, 1.54) is 6.07 Å². The smallest absolute Gasteiger partial charge is 0.338 e. The van der Waals surface area contributed by atoms with Gasteiger partial charge in [-0.2, -0.15) is 0 Å². The summed E-state index contributed by atoms with van der Waals surface area (Å²) in [4.78, 5) is 29.9. The number of hydrogen-bond acceptors (Lipinski definition) is 4. The van der Waals surface area contributed by atoms with Gasteiger partial charge in [-0.1, -0.05) is 6.92 Å². The number of carbonyl (C=O) groups is 2. The second kappa shape index (κ2) is 6.20. The van der Waals surface area contributed by atoms with Gasteiger partial charge in [0.05, 0.1) is 11.6 Å². The van der Waals surface area contributed by atoms with Gasteiger partial charge in [0.15, 0.2) is 0 Å². The molecule has 0 saturated heterocycles. The van der Waals surface area contributed by atoms with E-state index in [9.17, 15) is 9.59 Å². The number of nitrogens with zero attached hydrogens (tertiary/aromatic N) is 1.